The van der Waals surface area contributed by atoms with Gasteiger partial charge in [-0.25, -0.2) is 0 Å². The Morgan fingerprint density at radius 2 is 2.10 bits per heavy atom. The van der Waals surface area contributed by atoms with Gasteiger partial charge in [-0.1, -0.05) is 48.6 Å². The Hall–Kier alpha value is -2.70. The van der Waals surface area contributed by atoms with Crippen molar-refractivity contribution in [2.45, 2.75) is 44.7 Å². The zero-order valence-electron chi connectivity index (χ0n) is 16.1. The van der Waals surface area contributed by atoms with Crippen LogP contribution in [0.25, 0.3) is 0 Å². The first-order valence-electron chi connectivity index (χ1n) is 9.86. The summed E-state index contributed by atoms with van der Waals surface area (Å²) in [5, 5.41) is 19.1. The first-order chi connectivity index (χ1) is 14.0. The molecule has 1 heterocycles. The van der Waals surface area contributed by atoms with Crippen LogP contribution in [0.2, 0.25) is 0 Å². The highest BCUT2D eigenvalue weighted by Gasteiger charge is 2.29. The van der Waals surface area contributed by atoms with Crippen molar-refractivity contribution in [1.82, 2.24) is 0 Å². The summed E-state index contributed by atoms with van der Waals surface area (Å²) in [6.07, 6.45) is 11.0. The Morgan fingerprint density at radius 3 is 2.93 bits per heavy atom. The number of carboxylic acid groups (broad SMARTS) is 1. The van der Waals surface area contributed by atoms with E-state index in [0.29, 0.717) is 31.6 Å². The number of carbonyl (C=O) groups excluding carboxylic acids is 1. The van der Waals surface area contributed by atoms with E-state index in [0.717, 1.165) is 5.56 Å². The topological polar surface area (TPSA) is 93.1 Å². The number of fused-ring (bicyclic) bond motifs is 1. The lowest BCUT2D eigenvalue weighted by Crippen LogP contribution is -2.36. The number of benzene rings is 1. The van der Waals surface area contributed by atoms with E-state index in [9.17, 15) is 14.7 Å². The van der Waals surface area contributed by atoms with Gasteiger partial charge in [-0.05, 0) is 31.4 Å². The first-order valence-corrected chi connectivity index (χ1v) is 9.86. The highest BCUT2D eigenvalue weighted by molar-refractivity contribution is 5.95. The molecule has 3 rings (SSSR count). The summed E-state index contributed by atoms with van der Waals surface area (Å²) in [4.78, 5) is 22.6. The van der Waals surface area contributed by atoms with Crippen molar-refractivity contribution in [2.75, 3.05) is 0 Å². The van der Waals surface area contributed by atoms with Gasteiger partial charge in [-0.3, -0.25) is 9.59 Å². The number of aliphatic hydroxyl groups excluding tert-OH is 1. The molecule has 0 aromatic heterocycles. The van der Waals surface area contributed by atoms with Crippen molar-refractivity contribution < 1.29 is 29.3 Å². The standard InChI is InChI=1S/C23H26O6/c24-19-13-11-16(18(19)8-3-1-2-4-10-22(26)27)12-14-20(25)23-28-15-17-7-5-6-9-21(17)29-23/h1,3,5-7,9,11-14,16,18,20,23,25H,2,4,8,10,15H2,(H,26,27)/b3-1-,14-12+/t16-,18-,20-,23-/m1/s1. The smallest absolute Gasteiger partial charge is 0.303 e. The van der Waals surface area contributed by atoms with Crippen LogP contribution in [0.1, 0.15) is 31.2 Å². The maximum absolute atomic E-state index is 12.1. The molecule has 4 atom stereocenters. The predicted molar refractivity (Wildman–Crippen MR) is 107 cm³/mol. The zero-order chi connectivity index (χ0) is 20.6. The number of ketones is 1. The van der Waals surface area contributed by atoms with Gasteiger partial charge in [0.15, 0.2) is 5.78 Å². The number of unbranched alkanes of at least 4 members (excludes halogenated alkanes) is 1. The molecule has 6 nitrogen and oxygen atoms in total. The van der Waals surface area contributed by atoms with Gasteiger partial charge in [0.05, 0.1) is 6.61 Å². The highest BCUT2D eigenvalue weighted by atomic mass is 16.7. The number of aliphatic hydroxyl groups is 1. The van der Waals surface area contributed by atoms with E-state index < -0.39 is 18.4 Å². The molecule has 0 spiro atoms. The summed E-state index contributed by atoms with van der Waals surface area (Å²) < 4.78 is 11.3. The van der Waals surface area contributed by atoms with E-state index in [2.05, 4.69) is 0 Å². The van der Waals surface area contributed by atoms with Gasteiger partial charge in [-0.15, -0.1) is 0 Å². The van der Waals surface area contributed by atoms with Gasteiger partial charge in [0.25, 0.3) is 0 Å². The van der Waals surface area contributed by atoms with Crippen LogP contribution < -0.4 is 4.74 Å². The van der Waals surface area contributed by atoms with Crippen LogP contribution in [0.3, 0.4) is 0 Å². The minimum Gasteiger partial charge on any atom is -0.481 e. The number of para-hydroxylation sites is 1. The largest absolute Gasteiger partial charge is 0.481 e. The number of carbonyl (C=O) groups is 2. The van der Waals surface area contributed by atoms with E-state index in [1.807, 2.05) is 48.6 Å². The number of hydrogen-bond donors (Lipinski definition) is 2. The highest BCUT2D eigenvalue weighted by Crippen LogP contribution is 2.29. The lowest BCUT2D eigenvalue weighted by atomic mass is 9.90. The molecule has 0 bridgehead atoms. The molecule has 0 fully saturated rings. The summed E-state index contributed by atoms with van der Waals surface area (Å²) in [6.45, 7) is 0.378. The minimum atomic E-state index is -0.945. The molecule has 154 valence electrons. The average Bonchev–Trinajstić information content (AvgIpc) is 3.07. The number of ether oxygens (including phenoxy) is 2. The van der Waals surface area contributed by atoms with Crippen LogP contribution in [-0.4, -0.2) is 34.4 Å². The molecular weight excluding hydrogens is 372 g/mol. The molecule has 1 aliphatic heterocycles. The molecular formula is C23H26O6. The van der Waals surface area contributed by atoms with E-state index in [1.165, 1.54) is 0 Å². The molecule has 1 aliphatic carbocycles. The molecule has 1 aromatic rings. The third-order valence-electron chi connectivity index (χ3n) is 5.06. The van der Waals surface area contributed by atoms with E-state index in [1.54, 1.807) is 12.2 Å². The van der Waals surface area contributed by atoms with Gasteiger partial charge in [0.2, 0.25) is 6.29 Å². The van der Waals surface area contributed by atoms with E-state index in [4.69, 9.17) is 14.6 Å². The lowest BCUT2D eigenvalue weighted by molar-refractivity contribution is -0.152. The number of hydrogen-bond acceptors (Lipinski definition) is 5. The maximum Gasteiger partial charge on any atom is 0.303 e. The fourth-order valence-electron chi connectivity index (χ4n) is 3.43. The number of carboxylic acids is 1. The summed E-state index contributed by atoms with van der Waals surface area (Å²) in [5.41, 5.74) is 0.944. The molecule has 0 amide bonds. The SMILES string of the molecule is O=C(O)CCC/C=C\C[C@H]1C(=O)C=C[C@@H]1/C=C/[C@@H](O)[C@@H]1OCc2ccccc2O1. The second-order valence-electron chi connectivity index (χ2n) is 7.22. The van der Waals surface area contributed by atoms with Crippen molar-refractivity contribution in [3.8, 4) is 5.75 Å². The van der Waals surface area contributed by atoms with Gasteiger partial charge >= 0.3 is 5.97 Å². The van der Waals surface area contributed by atoms with Gasteiger partial charge < -0.3 is 19.7 Å². The molecule has 1 aromatic carbocycles. The summed E-state index contributed by atoms with van der Waals surface area (Å²) in [6, 6.07) is 7.55. The molecule has 2 aliphatic rings. The van der Waals surface area contributed by atoms with Crippen LogP contribution in [-0.2, 0) is 20.9 Å². The number of rotatable bonds is 9. The number of allylic oxidation sites excluding steroid dienone is 5. The van der Waals surface area contributed by atoms with Crippen molar-refractivity contribution in [3.63, 3.8) is 0 Å². The van der Waals surface area contributed by atoms with Crippen molar-refractivity contribution in [1.29, 1.82) is 0 Å². The third-order valence-corrected chi connectivity index (χ3v) is 5.06. The van der Waals surface area contributed by atoms with Gasteiger partial charge in [-0.2, -0.15) is 0 Å². The maximum atomic E-state index is 12.1. The van der Waals surface area contributed by atoms with Crippen molar-refractivity contribution >= 4 is 11.8 Å². The fourth-order valence-corrected chi connectivity index (χ4v) is 3.43. The second-order valence-corrected chi connectivity index (χ2v) is 7.22. The fraction of sp³-hybridized carbons (Fsp3) is 0.391. The van der Waals surface area contributed by atoms with Crippen molar-refractivity contribution in [2.24, 2.45) is 11.8 Å². The van der Waals surface area contributed by atoms with Gasteiger partial charge in [0.1, 0.15) is 11.9 Å². The predicted octanol–water partition coefficient (Wildman–Crippen LogP) is 3.41. The number of aliphatic carboxylic acids is 1. The van der Waals surface area contributed by atoms with E-state index >= 15 is 0 Å². The van der Waals surface area contributed by atoms with Crippen molar-refractivity contribution in [3.05, 3.63) is 66.3 Å². The molecule has 2 N–H and O–H groups in total. The van der Waals surface area contributed by atoms with Crippen LogP contribution in [0.15, 0.2) is 60.7 Å². The summed E-state index contributed by atoms with van der Waals surface area (Å²) in [5.74, 6) is -0.340. The Morgan fingerprint density at radius 1 is 1.28 bits per heavy atom. The summed E-state index contributed by atoms with van der Waals surface area (Å²) >= 11 is 0. The third kappa shape index (κ3) is 5.89. The Bertz CT molecular complexity index is 809. The van der Waals surface area contributed by atoms with Gasteiger partial charge in [0, 0.05) is 23.8 Å². The normalized spacial score (nSPS) is 24.7. The Kier molecular flexibility index (Phi) is 7.38. The average molecular weight is 398 g/mol. The quantitative estimate of drug-likeness (QED) is 0.489. The minimum absolute atomic E-state index is 0.0587. The van der Waals surface area contributed by atoms with Crippen LogP contribution in [0.4, 0.5) is 0 Å². The monoisotopic (exact) mass is 398 g/mol. The molecule has 0 radical (unpaired) electrons. The molecule has 6 heteroatoms. The lowest BCUT2D eigenvalue weighted by Gasteiger charge is -2.28. The first kappa shape index (κ1) is 21.0. The molecule has 29 heavy (non-hydrogen) atoms. The molecule has 0 saturated heterocycles. The Balaban J connectivity index is 1.50. The second kappa shape index (κ2) is 10.2. The summed E-state index contributed by atoms with van der Waals surface area (Å²) in [7, 11) is 0. The van der Waals surface area contributed by atoms with Crippen LogP contribution >= 0.6 is 0 Å². The van der Waals surface area contributed by atoms with Crippen LogP contribution in [0, 0.1) is 11.8 Å². The van der Waals surface area contributed by atoms with Crippen LogP contribution in [0.5, 0.6) is 5.75 Å². The molecule has 0 saturated carbocycles. The van der Waals surface area contributed by atoms with E-state index in [-0.39, 0.29) is 24.0 Å². The Labute approximate surface area is 170 Å². The zero-order valence-corrected chi connectivity index (χ0v) is 16.1. The molecule has 0 unspecified atom stereocenters.